The first kappa shape index (κ1) is 21.4. The van der Waals surface area contributed by atoms with Gasteiger partial charge in [0.05, 0.1) is 22.5 Å². The van der Waals surface area contributed by atoms with Gasteiger partial charge in [-0.25, -0.2) is 9.18 Å². The molecule has 2 unspecified atom stereocenters. The van der Waals surface area contributed by atoms with E-state index in [9.17, 15) is 19.1 Å². The maximum atomic E-state index is 15.0. The summed E-state index contributed by atoms with van der Waals surface area (Å²) >= 11 is 0. The number of halogens is 1. The Morgan fingerprint density at radius 1 is 1.38 bits per heavy atom. The minimum atomic E-state index is -1.14. The number of amides is 1. The van der Waals surface area contributed by atoms with Gasteiger partial charge in [0.15, 0.2) is 0 Å². The molecule has 3 rings (SSSR count). The average Bonchev–Trinajstić information content (AvgIpc) is 3.30. The highest BCUT2D eigenvalue weighted by atomic mass is 19.1. The number of nitrogens with one attached hydrogen (secondary N) is 2. The molecule has 1 saturated heterocycles. The molecule has 0 aromatic heterocycles. The first-order valence-electron chi connectivity index (χ1n) is 10.1. The molecule has 2 aliphatic rings. The number of hydrogen-bond donors (Lipinski definition) is 3. The number of carbonyl (C=O) groups is 2. The molecule has 0 spiro atoms. The first-order chi connectivity index (χ1) is 13.6. The third kappa shape index (κ3) is 4.98. The molecule has 1 aromatic carbocycles. The Kier molecular flexibility index (Phi) is 6.03. The Bertz CT molecular complexity index is 789. The van der Waals surface area contributed by atoms with E-state index >= 15 is 0 Å². The van der Waals surface area contributed by atoms with E-state index in [1.54, 1.807) is 6.92 Å². The Labute approximate surface area is 170 Å². The van der Waals surface area contributed by atoms with Crippen molar-refractivity contribution in [3.8, 4) is 0 Å². The number of hydrogen-bond acceptors (Lipinski definition) is 5. The van der Waals surface area contributed by atoms with Crippen molar-refractivity contribution in [3.63, 3.8) is 0 Å². The second kappa shape index (κ2) is 8.18. The number of carbonyl (C=O) groups excluding carboxylic acids is 1. The predicted octanol–water partition coefficient (Wildman–Crippen LogP) is 3.12. The van der Waals surface area contributed by atoms with Crippen molar-refractivity contribution in [1.29, 1.82) is 0 Å². The van der Waals surface area contributed by atoms with Crippen molar-refractivity contribution in [2.45, 2.75) is 64.8 Å². The molecule has 0 bridgehead atoms. The number of carboxylic acids is 1. The summed E-state index contributed by atoms with van der Waals surface area (Å²) in [6.07, 6.45) is 2.86. The fourth-order valence-electron chi connectivity index (χ4n) is 3.89. The van der Waals surface area contributed by atoms with Gasteiger partial charge < -0.3 is 25.4 Å². The molecule has 8 heteroatoms. The summed E-state index contributed by atoms with van der Waals surface area (Å²) in [6, 6.07) is 1.35. The lowest BCUT2D eigenvalue weighted by Crippen LogP contribution is -2.44. The van der Waals surface area contributed by atoms with Crippen LogP contribution in [0.2, 0.25) is 0 Å². The van der Waals surface area contributed by atoms with Crippen LogP contribution >= 0.6 is 0 Å². The highest BCUT2D eigenvalue weighted by molar-refractivity contribution is 5.97. The maximum Gasteiger partial charge on any atom is 0.337 e. The largest absolute Gasteiger partial charge is 0.478 e. The molecule has 2 atom stereocenters. The van der Waals surface area contributed by atoms with Gasteiger partial charge >= 0.3 is 5.97 Å². The van der Waals surface area contributed by atoms with Crippen molar-refractivity contribution in [2.24, 2.45) is 5.92 Å². The van der Waals surface area contributed by atoms with Crippen LogP contribution in [0.1, 0.15) is 56.0 Å². The van der Waals surface area contributed by atoms with Gasteiger partial charge in [0.2, 0.25) is 6.41 Å². The van der Waals surface area contributed by atoms with E-state index in [1.165, 1.54) is 0 Å². The monoisotopic (exact) mass is 407 g/mol. The lowest BCUT2D eigenvalue weighted by atomic mass is 10.0. The van der Waals surface area contributed by atoms with Crippen molar-refractivity contribution in [2.75, 3.05) is 23.3 Å². The van der Waals surface area contributed by atoms with E-state index in [-0.39, 0.29) is 17.5 Å². The second-order valence-corrected chi connectivity index (χ2v) is 8.91. The van der Waals surface area contributed by atoms with Gasteiger partial charge in [-0.3, -0.25) is 4.79 Å². The number of benzene rings is 1. The molecular formula is C21H30FN3O4. The zero-order valence-electron chi connectivity index (χ0n) is 17.4. The molecular weight excluding hydrogens is 377 g/mol. The van der Waals surface area contributed by atoms with Gasteiger partial charge in [0.1, 0.15) is 12.0 Å². The number of carboxylic acid groups (broad SMARTS) is 1. The molecule has 1 aliphatic carbocycles. The molecule has 2 fully saturated rings. The number of rotatable bonds is 8. The molecule has 1 amide bonds. The van der Waals surface area contributed by atoms with Gasteiger partial charge in [-0.05, 0) is 58.6 Å². The van der Waals surface area contributed by atoms with Crippen LogP contribution in [0, 0.1) is 18.7 Å². The van der Waals surface area contributed by atoms with Crippen LogP contribution < -0.4 is 15.5 Å². The normalized spacial score (nSPS) is 20.4. The van der Waals surface area contributed by atoms with Crippen molar-refractivity contribution >= 4 is 23.8 Å². The molecule has 1 aromatic rings. The molecule has 1 saturated carbocycles. The third-order valence-corrected chi connectivity index (χ3v) is 5.33. The molecule has 3 N–H and O–H groups in total. The van der Waals surface area contributed by atoms with Crippen LogP contribution in [-0.2, 0) is 9.53 Å². The lowest BCUT2D eigenvalue weighted by molar-refractivity contribution is -0.125. The maximum absolute atomic E-state index is 15.0. The smallest absolute Gasteiger partial charge is 0.337 e. The van der Waals surface area contributed by atoms with Crippen LogP contribution in [0.3, 0.4) is 0 Å². The topological polar surface area (TPSA) is 90.9 Å². The molecule has 160 valence electrons. The average molecular weight is 407 g/mol. The van der Waals surface area contributed by atoms with Gasteiger partial charge in [-0.1, -0.05) is 0 Å². The Morgan fingerprint density at radius 2 is 2.07 bits per heavy atom. The summed E-state index contributed by atoms with van der Waals surface area (Å²) in [4.78, 5) is 24.6. The summed E-state index contributed by atoms with van der Waals surface area (Å²) in [6.45, 7) is 8.63. The van der Waals surface area contributed by atoms with Gasteiger partial charge in [0.25, 0.3) is 0 Å². The zero-order chi connectivity index (χ0) is 21.3. The van der Waals surface area contributed by atoms with E-state index in [4.69, 9.17) is 4.74 Å². The van der Waals surface area contributed by atoms with Crippen LogP contribution in [0.15, 0.2) is 6.07 Å². The fourth-order valence-corrected chi connectivity index (χ4v) is 3.89. The Hall–Kier alpha value is -2.35. The number of ether oxygens (including phenoxy) is 1. The summed E-state index contributed by atoms with van der Waals surface area (Å²) in [5.41, 5.74) is 1.05. The lowest BCUT2D eigenvalue weighted by Gasteiger charge is -2.31. The molecule has 0 radical (unpaired) electrons. The minimum Gasteiger partial charge on any atom is -0.478 e. The quantitative estimate of drug-likeness (QED) is 0.453. The molecule has 1 heterocycles. The van der Waals surface area contributed by atoms with Crippen LogP contribution in [0.5, 0.6) is 0 Å². The standard InChI is InChI=1S/C21H30FN3O4/c1-12-17(24-14-5-6-14)15(20(27)28)9-16(22)18(12)25-8-7-13(10-25)19(23-11-26)29-21(2,3)4/h9,11,13-14,19,24H,5-8,10H2,1-4H3,(H,23,26)(H,27,28). The third-order valence-electron chi connectivity index (χ3n) is 5.33. The number of nitrogens with zero attached hydrogens (tertiary/aromatic N) is 1. The van der Waals surface area contributed by atoms with Gasteiger partial charge in [0, 0.05) is 25.0 Å². The first-order valence-corrected chi connectivity index (χ1v) is 10.1. The highest BCUT2D eigenvalue weighted by Crippen LogP contribution is 2.39. The van der Waals surface area contributed by atoms with E-state index in [2.05, 4.69) is 10.6 Å². The van der Waals surface area contributed by atoms with Crippen LogP contribution in [-0.4, -0.2) is 48.4 Å². The summed E-state index contributed by atoms with van der Waals surface area (Å²) < 4.78 is 21.0. The van der Waals surface area contributed by atoms with Crippen molar-refractivity contribution in [1.82, 2.24) is 5.32 Å². The van der Waals surface area contributed by atoms with Crippen LogP contribution in [0.25, 0.3) is 0 Å². The summed E-state index contributed by atoms with van der Waals surface area (Å²) in [7, 11) is 0. The van der Waals surface area contributed by atoms with E-state index in [1.807, 2.05) is 25.7 Å². The highest BCUT2D eigenvalue weighted by Gasteiger charge is 2.35. The molecule has 7 nitrogen and oxygen atoms in total. The number of aromatic carboxylic acids is 1. The summed E-state index contributed by atoms with van der Waals surface area (Å²) in [5.74, 6) is -1.69. The Morgan fingerprint density at radius 3 is 2.62 bits per heavy atom. The molecule has 1 aliphatic heterocycles. The van der Waals surface area contributed by atoms with Crippen molar-refractivity contribution < 1.29 is 23.8 Å². The number of anilines is 2. The Balaban J connectivity index is 1.87. The van der Waals surface area contributed by atoms with E-state index < -0.39 is 23.6 Å². The summed E-state index contributed by atoms with van der Waals surface area (Å²) in [5, 5.41) is 15.5. The van der Waals surface area contributed by atoms with Crippen molar-refractivity contribution in [3.05, 3.63) is 23.0 Å². The van der Waals surface area contributed by atoms with E-state index in [0.717, 1.165) is 25.3 Å². The molecule has 29 heavy (non-hydrogen) atoms. The fraction of sp³-hybridized carbons (Fsp3) is 0.619. The van der Waals surface area contributed by atoms with E-state index in [0.29, 0.717) is 36.4 Å². The van der Waals surface area contributed by atoms with Gasteiger partial charge in [-0.15, -0.1) is 0 Å². The predicted molar refractivity (Wildman–Crippen MR) is 109 cm³/mol. The SMILES string of the molecule is Cc1c(NC2CC2)c(C(=O)O)cc(F)c1N1CCC(C(NC=O)OC(C)(C)C)C1. The van der Waals surface area contributed by atoms with Gasteiger partial charge in [-0.2, -0.15) is 0 Å². The second-order valence-electron chi connectivity index (χ2n) is 8.91. The zero-order valence-corrected chi connectivity index (χ0v) is 17.4. The minimum absolute atomic E-state index is 0.00258. The van der Waals surface area contributed by atoms with Crippen LogP contribution in [0.4, 0.5) is 15.8 Å².